The number of carbonyl (C=O) groups is 1. The van der Waals surface area contributed by atoms with Crippen LogP contribution in [0, 0.1) is 0 Å². The van der Waals surface area contributed by atoms with Gasteiger partial charge in [-0.05, 0) is 31.3 Å². The molecule has 1 amide bonds. The van der Waals surface area contributed by atoms with Crippen LogP contribution in [0.5, 0.6) is 11.5 Å². The van der Waals surface area contributed by atoms with Crippen molar-refractivity contribution in [3.63, 3.8) is 0 Å². The molecule has 1 aromatic carbocycles. The van der Waals surface area contributed by atoms with Crippen LogP contribution in [-0.4, -0.2) is 68.7 Å². The van der Waals surface area contributed by atoms with Gasteiger partial charge in [-0.3, -0.25) is 4.79 Å². The normalized spacial score (nSPS) is 15.0. The molecular formula is C24H33N5O3. The number of hydrogen-bond acceptors (Lipinski definition) is 6. The molecule has 1 saturated heterocycles. The number of benzene rings is 1. The van der Waals surface area contributed by atoms with E-state index in [-0.39, 0.29) is 0 Å². The highest BCUT2D eigenvalue weighted by Gasteiger charge is 2.16. The maximum absolute atomic E-state index is 10.5. The molecular weight excluding hydrogens is 406 g/mol. The summed E-state index contributed by atoms with van der Waals surface area (Å²) in [5.74, 6) is 1.92. The summed E-state index contributed by atoms with van der Waals surface area (Å²) in [5, 5.41) is 6.72. The minimum absolute atomic E-state index is 0.489. The molecule has 1 aliphatic heterocycles. The zero-order valence-corrected chi connectivity index (χ0v) is 19.1. The van der Waals surface area contributed by atoms with Gasteiger partial charge in [-0.1, -0.05) is 25.3 Å². The van der Waals surface area contributed by atoms with Gasteiger partial charge in [-0.15, -0.1) is 0 Å². The predicted octanol–water partition coefficient (Wildman–Crippen LogP) is 3.51. The lowest BCUT2D eigenvalue weighted by Crippen LogP contribution is -2.40. The van der Waals surface area contributed by atoms with Crippen LogP contribution < -0.4 is 20.1 Å². The highest BCUT2D eigenvalue weighted by Crippen LogP contribution is 2.41. The Morgan fingerprint density at radius 2 is 1.69 bits per heavy atom. The Morgan fingerprint density at radius 1 is 1.03 bits per heavy atom. The van der Waals surface area contributed by atoms with Gasteiger partial charge in [0.2, 0.25) is 6.41 Å². The molecule has 0 bridgehead atoms. The van der Waals surface area contributed by atoms with E-state index in [9.17, 15) is 4.79 Å². The molecule has 0 unspecified atom stereocenters. The number of hydrogen-bond donors (Lipinski definition) is 3. The van der Waals surface area contributed by atoms with Crippen molar-refractivity contribution >= 4 is 23.3 Å². The number of fused-ring (bicyclic) bond motifs is 1. The molecule has 2 aliphatic rings. The van der Waals surface area contributed by atoms with E-state index in [1.807, 2.05) is 30.5 Å². The van der Waals surface area contributed by atoms with Crippen molar-refractivity contribution in [3.05, 3.63) is 36.5 Å². The number of nitrogens with one attached hydrogen (secondary N) is 3. The lowest BCUT2D eigenvalue weighted by Gasteiger charge is -2.21. The second-order valence-electron chi connectivity index (χ2n) is 7.71. The van der Waals surface area contributed by atoms with Gasteiger partial charge in [0.15, 0.2) is 0 Å². The van der Waals surface area contributed by atoms with Crippen LogP contribution in [0.15, 0.2) is 36.5 Å². The van der Waals surface area contributed by atoms with E-state index < -0.39 is 0 Å². The molecule has 1 aliphatic carbocycles. The second-order valence-corrected chi connectivity index (χ2v) is 7.71. The van der Waals surface area contributed by atoms with Gasteiger partial charge in [0.1, 0.15) is 23.0 Å². The Bertz CT molecular complexity index is 971. The zero-order valence-electron chi connectivity index (χ0n) is 19.1. The van der Waals surface area contributed by atoms with Gasteiger partial charge in [0.25, 0.3) is 0 Å². The van der Waals surface area contributed by atoms with Crippen LogP contribution in [-0.2, 0) is 4.79 Å². The van der Waals surface area contributed by atoms with Gasteiger partial charge in [-0.2, -0.15) is 0 Å². The fraction of sp³-hybridized carbons (Fsp3) is 0.417. The smallest absolute Gasteiger partial charge is 0.212 e. The third kappa shape index (κ3) is 6.45. The fourth-order valence-electron chi connectivity index (χ4n) is 3.25. The highest BCUT2D eigenvalue weighted by molar-refractivity contribution is 5.98. The number of methoxy groups -OCH3 is 2. The predicted molar refractivity (Wildman–Crippen MR) is 129 cm³/mol. The quantitative estimate of drug-likeness (QED) is 0.527. The van der Waals surface area contributed by atoms with E-state index >= 15 is 0 Å². The van der Waals surface area contributed by atoms with Gasteiger partial charge >= 0.3 is 0 Å². The summed E-state index contributed by atoms with van der Waals surface area (Å²) in [6.07, 6.45) is 6.95. The Morgan fingerprint density at radius 3 is 2.19 bits per heavy atom. The van der Waals surface area contributed by atoms with Crippen molar-refractivity contribution < 1.29 is 14.3 Å². The number of nitrogens with zero attached hydrogens (tertiary/aromatic N) is 2. The third-order valence-corrected chi connectivity index (χ3v) is 5.14. The van der Waals surface area contributed by atoms with Gasteiger partial charge < -0.3 is 30.0 Å². The summed E-state index contributed by atoms with van der Waals surface area (Å²) >= 11 is 0. The second kappa shape index (κ2) is 12.1. The number of piperazine rings is 1. The summed E-state index contributed by atoms with van der Waals surface area (Å²) < 4.78 is 10.9. The van der Waals surface area contributed by atoms with Crippen molar-refractivity contribution in [3.8, 4) is 22.6 Å². The number of rotatable bonds is 5. The van der Waals surface area contributed by atoms with Crippen molar-refractivity contribution in [2.24, 2.45) is 0 Å². The molecule has 172 valence electrons. The third-order valence-electron chi connectivity index (χ3n) is 5.14. The highest BCUT2D eigenvalue weighted by atomic mass is 16.5. The van der Waals surface area contributed by atoms with E-state index in [0.717, 1.165) is 41.1 Å². The van der Waals surface area contributed by atoms with Crippen molar-refractivity contribution in [2.45, 2.75) is 19.3 Å². The molecule has 32 heavy (non-hydrogen) atoms. The Kier molecular flexibility index (Phi) is 8.89. The van der Waals surface area contributed by atoms with E-state index in [2.05, 4.69) is 32.5 Å². The topological polar surface area (TPSA) is 91.5 Å². The van der Waals surface area contributed by atoms with Crippen molar-refractivity contribution in [1.82, 2.24) is 20.2 Å². The Labute approximate surface area is 189 Å². The number of pyridine rings is 1. The molecule has 8 nitrogen and oxygen atoms in total. The first kappa shape index (κ1) is 23.6. The van der Waals surface area contributed by atoms with Gasteiger partial charge in [0.05, 0.1) is 19.8 Å². The van der Waals surface area contributed by atoms with E-state index in [4.69, 9.17) is 9.47 Å². The van der Waals surface area contributed by atoms with Crippen LogP contribution in [0.4, 0.5) is 5.82 Å². The molecule has 5 rings (SSSR count). The monoisotopic (exact) mass is 439 g/mol. The summed E-state index contributed by atoms with van der Waals surface area (Å²) in [6, 6.07) is 9.28. The van der Waals surface area contributed by atoms with Gasteiger partial charge in [-0.25, -0.2) is 4.98 Å². The number of ether oxygens (including phenoxy) is 2. The molecule has 1 saturated carbocycles. The maximum Gasteiger partial charge on any atom is 0.212 e. The average Bonchev–Trinajstić information content (AvgIpc) is 3.66. The Balaban J connectivity index is 0.000000237. The first-order valence-electron chi connectivity index (χ1n) is 11.0. The molecule has 3 N–H and O–H groups in total. The largest absolute Gasteiger partial charge is 0.496 e. The van der Waals surface area contributed by atoms with Crippen LogP contribution in [0.2, 0.25) is 0 Å². The molecule has 8 heteroatoms. The molecule has 3 heterocycles. The molecule has 0 radical (unpaired) electrons. The van der Waals surface area contributed by atoms with Crippen LogP contribution in [0.3, 0.4) is 0 Å². The summed E-state index contributed by atoms with van der Waals surface area (Å²) in [5.41, 5.74) is 2.46. The minimum Gasteiger partial charge on any atom is -0.496 e. The first-order valence-corrected chi connectivity index (χ1v) is 11.0. The van der Waals surface area contributed by atoms with Gasteiger partial charge in [0, 0.05) is 43.3 Å². The Hall–Kier alpha value is -3.10. The lowest BCUT2D eigenvalue weighted by molar-refractivity contribution is -0.105. The minimum atomic E-state index is 0.489. The molecule has 0 spiro atoms. The zero-order chi connectivity index (χ0) is 22.8. The van der Waals surface area contributed by atoms with Crippen molar-refractivity contribution in [2.75, 3.05) is 52.8 Å². The average molecular weight is 440 g/mol. The number of anilines is 1. The fourth-order valence-corrected chi connectivity index (χ4v) is 3.25. The number of aromatic amines is 1. The summed E-state index contributed by atoms with van der Waals surface area (Å²) in [6.45, 7) is 4.74. The van der Waals surface area contributed by atoms with E-state index in [1.54, 1.807) is 20.3 Å². The molecule has 2 fully saturated rings. The van der Waals surface area contributed by atoms with Crippen molar-refractivity contribution in [1.29, 1.82) is 0 Å². The van der Waals surface area contributed by atoms with Crippen LogP contribution in [0.25, 0.3) is 22.2 Å². The maximum atomic E-state index is 10.5. The number of likely N-dealkylation sites (N-methyl/N-ethyl adjacent to an activating group) is 1. The summed E-state index contributed by atoms with van der Waals surface area (Å²) in [7, 11) is 5.40. The molecule has 3 aromatic rings. The number of H-pyrrole nitrogens is 1. The van der Waals surface area contributed by atoms with E-state index in [0.29, 0.717) is 17.9 Å². The number of aromatic nitrogens is 2. The van der Waals surface area contributed by atoms with E-state index in [1.165, 1.54) is 32.4 Å². The molecule has 0 atom stereocenters. The number of amides is 1. The standard InChI is InChI=1S/C16H15N3O3.C5H12N2.C3H6/c1-21-12-4-3-5-13(22-2)15(12)11-8-17-16-10(11)6-7-14(19-16)18-9-20;1-7-4-2-6-3-5-7;1-2-3-1/h3-9H,1-2H3,(H2,17,18,19,20);6H,2-5H2,1H3;1-3H2. The van der Waals surface area contributed by atoms with Crippen LogP contribution >= 0.6 is 0 Å². The summed E-state index contributed by atoms with van der Waals surface area (Å²) in [4.78, 5) is 20.3. The van der Waals surface area contributed by atoms with Crippen LogP contribution in [0.1, 0.15) is 19.3 Å². The lowest BCUT2D eigenvalue weighted by atomic mass is 10.0. The number of carbonyl (C=O) groups excluding carboxylic acids is 1. The SMILES string of the molecule is C1CC1.CN1CCNCC1.COc1cccc(OC)c1-c1c[nH]c2nc(NC=O)ccc12. The molecule has 2 aromatic heterocycles. The first-order chi connectivity index (χ1) is 15.7.